The minimum atomic E-state index is -0.201. The zero-order chi connectivity index (χ0) is 13.9. The predicted molar refractivity (Wildman–Crippen MR) is 74.4 cm³/mol. The van der Waals surface area contributed by atoms with Crippen molar-refractivity contribution in [2.45, 2.75) is 25.5 Å². The van der Waals surface area contributed by atoms with E-state index >= 15 is 0 Å². The third-order valence-corrected chi connectivity index (χ3v) is 3.53. The monoisotopic (exact) mass is 272 g/mol. The van der Waals surface area contributed by atoms with E-state index in [1.807, 2.05) is 0 Å². The zero-order valence-corrected chi connectivity index (χ0v) is 11.0. The molecule has 104 valence electrons. The van der Waals surface area contributed by atoms with Gasteiger partial charge in [0.05, 0.1) is 6.10 Å². The summed E-state index contributed by atoms with van der Waals surface area (Å²) in [7, 11) is 0. The van der Waals surface area contributed by atoms with Gasteiger partial charge in [0.25, 0.3) is 5.91 Å². The molecule has 20 heavy (non-hydrogen) atoms. The Morgan fingerprint density at radius 2 is 2.35 bits per heavy atom. The molecule has 3 rings (SSSR count). The van der Waals surface area contributed by atoms with Crippen LogP contribution in [-0.4, -0.2) is 24.5 Å². The minimum absolute atomic E-state index is 0.0467. The van der Waals surface area contributed by atoms with Crippen LogP contribution in [0.5, 0.6) is 0 Å². The van der Waals surface area contributed by atoms with Crippen LogP contribution in [0.15, 0.2) is 30.4 Å². The lowest BCUT2D eigenvalue weighted by molar-refractivity contribution is -0.112. The summed E-state index contributed by atoms with van der Waals surface area (Å²) < 4.78 is 5.42. The number of amides is 2. The summed E-state index contributed by atoms with van der Waals surface area (Å²) in [4.78, 5) is 23.4. The van der Waals surface area contributed by atoms with Crippen molar-refractivity contribution in [3.63, 3.8) is 0 Å². The van der Waals surface area contributed by atoms with Crippen molar-refractivity contribution < 1.29 is 14.3 Å². The Morgan fingerprint density at radius 3 is 3.15 bits per heavy atom. The quantitative estimate of drug-likeness (QED) is 0.821. The molecule has 1 saturated heterocycles. The summed E-state index contributed by atoms with van der Waals surface area (Å²) in [6.45, 7) is 1.22. The van der Waals surface area contributed by atoms with E-state index in [-0.39, 0.29) is 17.9 Å². The van der Waals surface area contributed by atoms with Crippen molar-refractivity contribution in [1.29, 1.82) is 0 Å². The normalized spacial score (nSPS) is 21.0. The molecule has 2 heterocycles. The van der Waals surface area contributed by atoms with E-state index in [2.05, 4.69) is 10.6 Å². The second-order valence-corrected chi connectivity index (χ2v) is 4.91. The first-order chi connectivity index (χ1) is 9.74. The molecule has 1 unspecified atom stereocenters. The Balaban J connectivity index is 1.69. The molecule has 5 nitrogen and oxygen atoms in total. The fraction of sp³-hybridized carbons (Fsp3) is 0.333. The highest BCUT2D eigenvalue weighted by molar-refractivity contribution is 6.04. The number of benzene rings is 1. The van der Waals surface area contributed by atoms with Gasteiger partial charge < -0.3 is 15.4 Å². The highest BCUT2D eigenvalue weighted by Crippen LogP contribution is 2.24. The second-order valence-electron chi connectivity index (χ2n) is 4.91. The third kappa shape index (κ3) is 2.58. The van der Waals surface area contributed by atoms with E-state index in [1.165, 1.54) is 6.08 Å². The highest BCUT2D eigenvalue weighted by atomic mass is 16.5. The Morgan fingerprint density at radius 1 is 1.45 bits per heavy atom. The molecule has 2 N–H and O–H groups in total. The van der Waals surface area contributed by atoms with Gasteiger partial charge in [0, 0.05) is 36.0 Å². The first-order valence-electron chi connectivity index (χ1n) is 6.75. The minimum Gasteiger partial charge on any atom is -0.374 e. The number of ether oxygens (including phenoxy) is 1. The molecule has 0 bridgehead atoms. The van der Waals surface area contributed by atoms with Crippen LogP contribution in [-0.2, 0) is 16.1 Å². The molecule has 1 fully saturated rings. The van der Waals surface area contributed by atoms with Crippen LogP contribution in [0.1, 0.15) is 28.8 Å². The molecule has 2 aliphatic rings. The number of carbonyl (C=O) groups excluding carboxylic acids is 2. The Labute approximate surface area is 117 Å². The standard InChI is InChI=1S/C15H16N2O3/c18-14(7-6-10-3-2-8-20-10)17-13-5-1-4-11-12(13)9-16-15(11)19/h1,4-7,10H,2-3,8-9H2,(H,16,19)(H,17,18)/b7-6+. The summed E-state index contributed by atoms with van der Waals surface area (Å²) in [5.41, 5.74) is 2.16. The average Bonchev–Trinajstić information content (AvgIpc) is 3.08. The smallest absolute Gasteiger partial charge is 0.251 e. The fourth-order valence-corrected chi connectivity index (χ4v) is 2.49. The van der Waals surface area contributed by atoms with Gasteiger partial charge in [0.2, 0.25) is 5.91 Å². The fourth-order valence-electron chi connectivity index (χ4n) is 2.49. The summed E-state index contributed by atoms with van der Waals surface area (Å²) in [5, 5.41) is 5.56. The maximum absolute atomic E-state index is 11.9. The van der Waals surface area contributed by atoms with Crippen molar-refractivity contribution in [3.8, 4) is 0 Å². The average molecular weight is 272 g/mol. The van der Waals surface area contributed by atoms with Gasteiger partial charge in [-0.2, -0.15) is 0 Å². The topological polar surface area (TPSA) is 67.4 Å². The Bertz CT molecular complexity index is 574. The number of anilines is 1. The molecule has 5 heteroatoms. The second kappa shape index (κ2) is 5.46. The van der Waals surface area contributed by atoms with Gasteiger partial charge in [-0.3, -0.25) is 9.59 Å². The maximum Gasteiger partial charge on any atom is 0.251 e. The summed E-state index contributed by atoms with van der Waals surface area (Å²) in [6.07, 6.45) is 5.33. The van der Waals surface area contributed by atoms with E-state index in [0.29, 0.717) is 17.8 Å². The van der Waals surface area contributed by atoms with Crippen LogP contribution >= 0.6 is 0 Å². The number of hydrogen-bond donors (Lipinski definition) is 2. The lowest BCUT2D eigenvalue weighted by Crippen LogP contribution is -2.12. The molecule has 2 aliphatic heterocycles. The largest absolute Gasteiger partial charge is 0.374 e. The van der Waals surface area contributed by atoms with Crippen molar-refractivity contribution in [1.82, 2.24) is 5.32 Å². The van der Waals surface area contributed by atoms with E-state index < -0.39 is 0 Å². The first kappa shape index (κ1) is 12.9. The van der Waals surface area contributed by atoms with E-state index in [9.17, 15) is 9.59 Å². The van der Waals surface area contributed by atoms with Crippen LogP contribution in [0, 0.1) is 0 Å². The molecule has 1 aromatic carbocycles. The molecule has 0 radical (unpaired) electrons. The molecule has 2 amide bonds. The highest BCUT2D eigenvalue weighted by Gasteiger charge is 2.21. The van der Waals surface area contributed by atoms with Gasteiger partial charge in [-0.05, 0) is 25.0 Å². The molecule has 1 atom stereocenters. The molecule has 0 saturated carbocycles. The van der Waals surface area contributed by atoms with Crippen molar-refractivity contribution >= 4 is 17.5 Å². The number of nitrogens with one attached hydrogen (secondary N) is 2. The summed E-state index contributed by atoms with van der Waals surface area (Å²) in [5.74, 6) is -0.292. The Hall–Kier alpha value is -2.14. The molecule has 0 spiro atoms. The van der Waals surface area contributed by atoms with Gasteiger partial charge in [0.15, 0.2) is 0 Å². The predicted octanol–water partition coefficient (Wildman–Crippen LogP) is 1.60. The van der Waals surface area contributed by atoms with Crippen LogP contribution in [0.4, 0.5) is 5.69 Å². The van der Waals surface area contributed by atoms with Gasteiger partial charge in [-0.1, -0.05) is 12.1 Å². The molecule has 0 aromatic heterocycles. The van der Waals surface area contributed by atoms with Gasteiger partial charge in [0.1, 0.15) is 0 Å². The molecule has 1 aromatic rings. The maximum atomic E-state index is 11.9. The zero-order valence-electron chi connectivity index (χ0n) is 11.0. The van der Waals surface area contributed by atoms with Crippen LogP contribution in [0.25, 0.3) is 0 Å². The van der Waals surface area contributed by atoms with Crippen molar-refractivity contribution in [3.05, 3.63) is 41.5 Å². The lowest BCUT2D eigenvalue weighted by atomic mass is 10.1. The first-order valence-corrected chi connectivity index (χ1v) is 6.75. The lowest BCUT2D eigenvalue weighted by Gasteiger charge is -2.07. The van der Waals surface area contributed by atoms with Crippen LogP contribution in [0.3, 0.4) is 0 Å². The van der Waals surface area contributed by atoms with Crippen molar-refractivity contribution in [2.75, 3.05) is 11.9 Å². The van der Waals surface area contributed by atoms with Gasteiger partial charge in [-0.15, -0.1) is 0 Å². The number of rotatable bonds is 3. The van der Waals surface area contributed by atoms with E-state index in [0.717, 1.165) is 25.0 Å². The van der Waals surface area contributed by atoms with Crippen LogP contribution < -0.4 is 10.6 Å². The third-order valence-electron chi connectivity index (χ3n) is 3.53. The summed E-state index contributed by atoms with van der Waals surface area (Å²) in [6, 6.07) is 5.33. The number of carbonyl (C=O) groups is 2. The van der Waals surface area contributed by atoms with Crippen molar-refractivity contribution in [2.24, 2.45) is 0 Å². The van der Waals surface area contributed by atoms with E-state index in [4.69, 9.17) is 4.74 Å². The SMILES string of the molecule is O=C(/C=C/C1CCCO1)Nc1cccc2c1CNC2=O. The molecule has 0 aliphatic carbocycles. The number of fused-ring (bicyclic) bond motifs is 1. The number of hydrogen-bond acceptors (Lipinski definition) is 3. The Kier molecular flexibility index (Phi) is 3.52. The van der Waals surface area contributed by atoms with Crippen LogP contribution in [0.2, 0.25) is 0 Å². The van der Waals surface area contributed by atoms with E-state index in [1.54, 1.807) is 24.3 Å². The molecular weight excluding hydrogens is 256 g/mol. The van der Waals surface area contributed by atoms with Gasteiger partial charge in [-0.25, -0.2) is 0 Å². The van der Waals surface area contributed by atoms with Gasteiger partial charge >= 0.3 is 0 Å². The summed E-state index contributed by atoms with van der Waals surface area (Å²) >= 11 is 0. The molecular formula is C15H16N2O3.